The summed E-state index contributed by atoms with van der Waals surface area (Å²) in [4.78, 5) is 22.0. The van der Waals surface area contributed by atoms with E-state index in [1.165, 1.54) is 0 Å². The highest BCUT2D eigenvalue weighted by Gasteiger charge is 2.34. The van der Waals surface area contributed by atoms with Crippen LogP contribution in [0, 0.1) is 11.8 Å². The van der Waals surface area contributed by atoms with Crippen LogP contribution in [0.25, 0.3) is 0 Å². The molecule has 0 radical (unpaired) electrons. The van der Waals surface area contributed by atoms with E-state index in [9.17, 15) is 9.59 Å². The molecule has 0 aromatic rings. The highest BCUT2D eigenvalue weighted by molar-refractivity contribution is 5.84. The average Bonchev–Trinajstić information content (AvgIpc) is 2.44. The van der Waals surface area contributed by atoms with Gasteiger partial charge in [-0.15, -0.1) is 0 Å². The first-order valence-electron chi connectivity index (χ1n) is 5.00. The minimum Gasteiger partial charge on any atom is -0.481 e. The van der Waals surface area contributed by atoms with Crippen molar-refractivity contribution in [2.45, 2.75) is 32.6 Å². The van der Waals surface area contributed by atoms with Gasteiger partial charge in [0, 0.05) is 18.8 Å². The first-order chi connectivity index (χ1) is 6.65. The molecule has 3 heteroatoms. The van der Waals surface area contributed by atoms with E-state index in [1.54, 1.807) is 0 Å². The molecule has 1 aliphatic carbocycles. The van der Waals surface area contributed by atoms with Crippen LogP contribution in [0.3, 0.4) is 0 Å². The smallest absolute Gasteiger partial charge is 0.303 e. The molecule has 0 aromatic carbocycles. The van der Waals surface area contributed by atoms with E-state index in [0.29, 0.717) is 12.8 Å². The second-order valence-corrected chi connectivity index (χ2v) is 3.77. The van der Waals surface area contributed by atoms with Crippen LogP contribution in [0.15, 0.2) is 12.2 Å². The number of allylic oxidation sites excluding steroid dienone is 2. The molecule has 0 bridgehead atoms. The van der Waals surface area contributed by atoms with E-state index >= 15 is 0 Å². The van der Waals surface area contributed by atoms with Gasteiger partial charge in [0.1, 0.15) is 5.78 Å². The molecule has 1 fully saturated rings. The number of carbonyl (C=O) groups excluding carboxylic acids is 1. The van der Waals surface area contributed by atoms with Crippen molar-refractivity contribution in [3.8, 4) is 0 Å². The van der Waals surface area contributed by atoms with Gasteiger partial charge in [0.2, 0.25) is 0 Å². The van der Waals surface area contributed by atoms with Crippen LogP contribution in [0.4, 0.5) is 0 Å². The normalized spacial score (nSPS) is 27.4. The van der Waals surface area contributed by atoms with Crippen LogP contribution in [0.1, 0.15) is 32.6 Å². The van der Waals surface area contributed by atoms with Crippen molar-refractivity contribution in [3.63, 3.8) is 0 Å². The van der Waals surface area contributed by atoms with Crippen LogP contribution < -0.4 is 0 Å². The van der Waals surface area contributed by atoms with Crippen LogP contribution in [0.5, 0.6) is 0 Å². The fourth-order valence-corrected chi connectivity index (χ4v) is 2.05. The Morgan fingerprint density at radius 1 is 1.64 bits per heavy atom. The summed E-state index contributed by atoms with van der Waals surface area (Å²) in [6.07, 6.45) is 5.99. The van der Waals surface area contributed by atoms with Gasteiger partial charge in [-0.25, -0.2) is 0 Å². The summed E-state index contributed by atoms with van der Waals surface area (Å²) in [5, 5.41) is 8.67. The molecule has 1 rings (SSSR count). The lowest BCUT2D eigenvalue weighted by molar-refractivity contribution is -0.138. The van der Waals surface area contributed by atoms with E-state index in [-0.39, 0.29) is 24.0 Å². The summed E-state index contributed by atoms with van der Waals surface area (Å²) in [7, 11) is 0. The van der Waals surface area contributed by atoms with E-state index in [2.05, 4.69) is 0 Å². The Morgan fingerprint density at radius 3 is 2.93 bits per heavy atom. The molecule has 14 heavy (non-hydrogen) atoms. The first-order valence-corrected chi connectivity index (χ1v) is 5.00. The third-order valence-electron chi connectivity index (χ3n) is 2.81. The summed E-state index contributed by atoms with van der Waals surface area (Å²) in [6.45, 7) is 1.91. The lowest BCUT2D eigenvalue weighted by atomic mass is 9.89. The monoisotopic (exact) mass is 196 g/mol. The van der Waals surface area contributed by atoms with Gasteiger partial charge >= 0.3 is 5.97 Å². The minimum absolute atomic E-state index is 0.0520. The van der Waals surface area contributed by atoms with Crippen molar-refractivity contribution in [2.75, 3.05) is 0 Å². The number of ketones is 1. The second-order valence-electron chi connectivity index (χ2n) is 3.77. The number of Topliss-reactive ketones (excluding diaryl/α,β-unsaturated/α-hetero) is 1. The Kier molecular flexibility index (Phi) is 3.86. The lowest BCUT2D eigenvalue weighted by Crippen LogP contribution is -2.17. The molecule has 0 amide bonds. The minimum atomic E-state index is -0.796. The largest absolute Gasteiger partial charge is 0.481 e. The molecule has 0 heterocycles. The van der Waals surface area contributed by atoms with Crippen LogP contribution in [-0.4, -0.2) is 16.9 Å². The Labute approximate surface area is 83.8 Å². The van der Waals surface area contributed by atoms with Gasteiger partial charge in [-0.2, -0.15) is 0 Å². The Balaban J connectivity index is 2.56. The summed E-state index contributed by atoms with van der Waals surface area (Å²) in [5.74, 6) is -0.567. The van der Waals surface area contributed by atoms with Gasteiger partial charge in [-0.1, -0.05) is 12.2 Å². The molecule has 1 saturated carbocycles. The molecule has 1 N–H and O–H groups in total. The summed E-state index contributed by atoms with van der Waals surface area (Å²) in [6, 6.07) is 0. The van der Waals surface area contributed by atoms with Crippen LogP contribution >= 0.6 is 0 Å². The van der Waals surface area contributed by atoms with E-state index in [0.717, 1.165) is 6.42 Å². The van der Waals surface area contributed by atoms with E-state index in [4.69, 9.17) is 5.11 Å². The van der Waals surface area contributed by atoms with Gasteiger partial charge in [-0.3, -0.25) is 9.59 Å². The SMILES string of the molecule is C/C=C\CC1C(=O)CCC1CC(=O)O. The van der Waals surface area contributed by atoms with Gasteiger partial charge in [0.25, 0.3) is 0 Å². The highest BCUT2D eigenvalue weighted by atomic mass is 16.4. The van der Waals surface area contributed by atoms with Crippen LogP contribution in [-0.2, 0) is 9.59 Å². The predicted octanol–water partition coefficient (Wildman–Crippen LogP) is 2.02. The third kappa shape index (κ3) is 2.69. The Bertz CT molecular complexity index is 255. The number of carbonyl (C=O) groups is 2. The second kappa shape index (κ2) is 4.94. The maximum Gasteiger partial charge on any atom is 0.303 e. The highest BCUT2D eigenvalue weighted by Crippen LogP contribution is 2.33. The molecule has 0 saturated heterocycles. The van der Waals surface area contributed by atoms with Gasteiger partial charge in [0.05, 0.1) is 0 Å². The fourth-order valence-electron chi connectivity index (χ4n) is 2.05. The average molecular weight is 196 g/mol. The van der Waals surface area contributed by atoms with Gasteiger partial charge in [-0.05, 0) is 25.7 Å². The molecular formula is C11H16O3. The Morgan fingerprint density at radius 2 is 2.36 bits per heavy atom. The number of rotatable bonds is 4. The number of aliphatic carboxylic acids is 1. The number of carboxylic acid groups (broad SMARTS) is 1. The lowest BCUT2D eigenvalue weighted by Gasteiger charge is -2.13. The van der Waals surface area contributed by atoms with Crippen molar-refractivity contribution in [3.05, 3.63) is 12.2 Å². The molecule has 0 spiro atoms. The molecule has 78 valence electrons. The van der Waals surface area contributed by atoms with E-state index < -0.39 is 5.97 Å². The molecule has 3 nitrogen and oxygen atoms in total. The van der Waals surface area contributed by atoms with Gasteiger partial charge < -0.3 is 5.11 Å². The first kappa shape index (κ1) is 11.0. The zero-order valence-corrected chi connectivity index (χ0v) is 8.40. The van der Waals surface area contributed by atoms with Crippen molar-refractivity contribution in [2.24, 2.45) is 11.8 Å². The molecule has 0 aromatic heterocycles. The topological polar surface area (TPSA) is 54.4 Å². The zero-order chi connectivity index (χ0) is 10.6. The molecule has 2 unspecified atom stereocenters. The number of carboxylic acids is 1. The molecular weight excluding hydrogens is 180 g/mol. The molecule has 0 aliphatic heterocycles. The number of hydrogen-bond acceptors (Lipinski definition) is 2. The van der Waals surface area contributed by atoms with E-state index in [1.807, 2.05) is 19.1 Å². The Hall–Kier alpha value is -1.12. The number of hydrogen-bond donors (Lipinski definition) is 1. The standard InChI is InChI=1S/C11H16O3/c1-2-3-4-9-8(7-11(13)14)5-6-10(9)12/h2-3,8-9H,4-7H2,1H3,(H,13,14)/b3-2-. The summed E-state index contributed by atoms with van der Waals surface area (Å²) in [5.41, 5.74) is 0. The molecule has 1 aliphatic rings. The molecule has 2 atom stereocenters. The van der Waals surface area contributed by atoms with Crippen molar-refractivity contribution in [1.82, 2.24) is 0 Å². The van der Waals surface area contributed by atoms with Crippen molar-refractivity contribution >= 4 is 11.8 Å². The van der Waals surface area contributed by atoms with Crippen LogP contribution in [0.2, 0.25) is 0 Å². The quantitative estimate of drug-likeness (QED) is 0.700. The summed E-state index contributed by atoms with van der Waals surface area (Å²) < 4.78 is 0. The van der Waals surface area contributed by atoms with Crippen molar-refractivity contribution < 1.29 is 14.7 Å². The third-order valence-corrected chi connectivity index (χ3v) is 2.81. The maximum absolute atomic E-state index is 11.4. The summed E-state index contributed by atoms with van der Waals surface area (Å²) >= 11 is 0. The maximum atomic E-state index is 11.4. The van der Waals surface area contributed by atoms with Gasteiger partial charge in [0.15, 0.2) is 0 Å². The predicted molar refractivity (Wildman–Crippen MR) is 52.9 cm³/mol. The van der Waals surface area contributed by atoms with Crippen molar-refractivity contribution in [1.29, 1.82) is 0 Å². The zero-order valence-electron chi connectivity index (χ0n) is 8.40. The fraction of sp³-hybridized carbons (Fsp3) is 0.636.